The third kappa shape index (κ3) is 5.84. The Bertz CT molecular complexity index is 1190. The van der Waals surface area contributed by atoms with E-state index in [1.807, 2.05) is 81.4 Å². The summed E-state index contributed by atoms with van der Waals surface area (Å²) in [7, 11) is -3.92. The van der Waals surface area contributed by atoms with Crippen LogP contribution in [0.3, 0.4) is 0 Å². The molecule has 3 aromatic rings. The van der Waals surface area contributed by atoms with Crippen LogP contribution in [0.15, 0.2) is 65.6 Å². The van der Waals surface area contributed by atoms with Gasteiger partial charge in [0, 0.05) is 5.69 Å². The summed E-state index contributed by atoms with van der Waals surface area (Å²) >= 11 is 0. The van der Waals surface area contributed by atoms with Crippen LogP contribution in [0.25, 0.3) is 0 Å². The molecule has 0 bridgehead atoms. The fourth-order valence-corrected chi connectivity index (χ4v) is 5.80. The van der Waals surface area contributed by atoms with Gasteiger partial charge >= 0.3 is 0 Å². The van der Waals surface area contributed by atoms with Crippen molar-refractivity contribution in [3.05, 3.63) is 94.0 Å². The van der Waals surface area contributed by atoms with Crippen LogP contribution in [0.5, 0.6) is 0 Å². The van der Waals surface area contributed by atoms with E-state index in [4.69, 9.17) is 0 Å². The Morgan fingerprint density at radius 3 is 1.91 bits per heavy atom. The second kappa shape index (κ2) is 9.67. The molecule has 0 heterocycles. The van der Waals surface area contributed by atoms with Gasteiger partial charge in [0.25, 0.3) is 0 Å². The van der Waals surface area contributed by atoms with Gasteiger partial charge in [0.05, 0.1) is 4.90 Å². The molecule has 0 unspecified atom stereocenters. The van der Waals surface area contributed by atoms with Crippen molar-refractivity contribution in [1.82, 2.24) is 4.72 Å². The number of sulfonamides is 1. The normalized spacial score (nSPS) is 12.4. The lowest BCUT2D eigenvalue weighted by atomic mass is 10.1. The third-order valence-corrected chi connectivity index (χ3v) is 7.04. The van der Waals surface area contributed by atoms with Crippen LogP contribution in [-0.2, 0) is 21.2 Å². The Morgan fingerprint density at radius 1 is 0.812 bits per heavy atom. The summed E-state index contributed by atoms with van der Waals surface area (Å²) in [5, 5.41) is 2.89. The van der Waals surface area contributed by atoms with Gasteiger partial charge in [-0.15, -0.1) is 0 Å². The molecule has 0 radical (unpaired) electrons. The van der Waals surface area contributed by atoms with E-state index < -0.39 is 22.0 Å². The summed E-state index contributed by atoms with van der Waals surface area (Å²) < 4.78 is 29.4. The molecule has 3 aromatic carbocycles. The molecule has 0 saturated carbocycles. The molecule has 0 aliphatic heterocycles. The number of anilines is 1. The molecular weight excluding hydrogens is 420 g/mol. The van der Waals surface area contributed by atoms with Gasteiger partial charge in [0.1, 0.15) is 6.04 Å². The van der Waals surface area contributed by atoms with E-state index in [-0.39, 0.29) is 11.3 Å². The number of benzene rings is 3. The predicted molar refractivity (Wildman–Crippen MR) is 129 cm³/mol. The quantitative estimate of drug-likeness (QED) is 0.545. The van der Waals surface area contributed by atoms with Crippen LogP contribution < -0.4 is 10.0 Å². The van der Waals surface area contributed by atoms with Gasteiger partial charge in [-0.3, -0.25) is 4.79 Å². The van der Waals surface area contributed by atoms with Crippen molar-refractivity contribution in [1.29, 1.82) is 0 Å². The minimum Gasteiger partial charge on any atom is -0.325 e. The molecule has 0 aromatic heterocycles. The van der Waals surface area contributed by atoms with E-state index in [0.29, 0.717) is 16.8 Å². The summed E-state index contributed by atoms with van der Waals surface area (Å²) in [6.45, 7) is 9.39. The molecule has 168 valence electrons. The van der Waals surface area contributed by atoms with E-state index >= 15 is 0 Å². The fraction of sp³-hybridized carbons (Fsp3) is 0.269. The first-order valence-corrected chi connectivity index (χ1v) is 12.1. The molecule has 5 nitrogen and oxygen atoms in total. The molecule has 0 fully saturated rings. The number of hydrogen-bond acceptors (Lipinski definition) is 3. The Morgan fingerprint density at radius 2 is 1.34 bits per heavy atom. The second-order valence-electron chi connectivity index (χ2n) is 8.46. The minimum atomic E-state index is -3.92. The van der Waals surface area contributed by atoms with Crippen LogP contribution in [0.2, 0.25) is 0 Å². The van der Waals surface area contributed by atoms with Crippen LogP contribution in [0.4, 0.5) is 5.69 Å². The van der Waals surface area contributed by atoms with Crippen LogP contribution >= 0.6 is 0 Å². The molecule has 0 spiro atoms. The number of hydrogen-bond donors (Lipinski definition) is 2. The van der Waals surface area contributed by atoms with Gasteiger partial charge in [0.2, 0.25) is 15.9 Å². The Kier molecular flexibility index (Phi) is 7.16. The summed E-state index contributed by atoms with van der Waals surface area (Å²) in [5.74, 6) is -0.398. The second-order valence-corrected chi connectivity index (χ2v) is 10.1. The van der Waals surface area contributed by atoms with Gasteiger partial charge < -0.3 is 5.32 Å². The SMILES string of the molecule is Cc1cc(C)cc(NC(=O)[C@@H](Cc2ccccc2)NS(=O)(=O)c2c(C)cc(C)cc2C)c1. The lowest BCUT2D eigenvalue weighted by molar-refractivity contribution is -0.117. The van der Waals surface area contributed by atoms with Gasteiger partial charge in [0.15, 0.2) is 0 Å². The smallest absolute Gasteiger partial charge is 0.242 e. The number of aryl methyl sites for hydroxylation is 5. The minimum absolute atomic E-state index is 0.223. The highest BCUT2D eigenvalue weighted by atomic mass is 32.2. The monoisotopic (exact) mass is 450 g/mol. The molecule has 1 atom stereocenters. The molecule has 6 heteroatoms. The first-order valence-electron chi connectivity index (χ1n) is 10.6. The Labute approximate surface area is 190 Å². The topological polar surface area (TPSA) is 75.3 Å². The number of amides is 1. The molecule has 0 saturated heterocycles. The molecule has 1 amide bonds. The van der Waals surface area contributed by atoms with Crippen molar-refractivity contribution in [3.8, 4) is 0 Å². The Balaban J connectivity index is 1.94. The highest BCUT2D eigenvalue weighted by molar-refractivity contribution is 7.89. The molecule has 3 rings (SSSR count). The molecule has 2 N–H and O–H groups in total. The van der Waals surface area contributed by atoms with Crippen molar-refractivity contribution < 1.29 is 13.2 Å². The van der Waals surface area contributed by atoms with Crippen molar-refractivity contribution in [2.75, 3.05) is 5.32 Å². The van der Waals surface area contributed by atoms with Gasteiger partial charge in [-0.2, -0.15) is 4.72 Å². The maximum atomic E-state index is 13.4. The zero-order valence-electron chi connectivity index (χ0n) is 19.2. The zero-order chi connectivity index (χ0) is 23.5. The number of carbonyl (C=O) groups is 1. The third-order valence-electron chi connectivity index (χ3n) is 5.26. The van der Waals surface area contributed by atoms with Gasteiger partial charge in [-0.05, 0) is 81.0 Å². The predicted octanol–water partition coefficient (Wildman–Crippen LogP) is 4.76. The van der Waals surface area contributed by atoms with Crippen molar-refractivity contribution in [3.63, 3.8) is 0 Å². The lowest BCUT2D eigenvalue weighted by Gasteiger charge is -2.21. The summed E-state index contributed by atoms with van der Waals surface area (Å²) in [6.07, 6.45) is 0.237. The van der Waals surface area contributed by atoms with Crippen molar-refractivity contribution in [2.24, 2.45) is 0 Å². The van der Waals surface area contributed by atoms with Crippen LogP contribution in [-0.4, -0.2) is 20.4 Å². The lowest BCUT2D eigenvalue weighted by Crippen LogP contribution is -2.45. The van der Waals surface area contributed by atoms with E-state index in [9.17, 15) is 13.2 Å². The zero-order valence-corrected chi connectivity index (χ0v) is 20.0. The standard InChI is InChI=1S/C26H30N2O3S/c1-17-11-18(2)15-23(14-17)27-26(29)24(16-22-9-7-6-8-10-22)28-32(30,31)25-20(4)12-19(3)13-21(25)5/h6-15,24,28H,16H2,1-5H3,(H,27,29)/t24-/m1/s1. The first-order chi connectivity index (χ1) is 15.0. The largest absolute Gasteiger partial charge is 0.325 e. The maximum absolute atomic E-state index is 13.4. The van der Waals surface area contributed by atoms with Crippen molar-refractivity contribution >= 4 is 21.6 Å². The average Bonchev–Trinajstić information content (AvgIpc) is 2.66. The van der Waals surface area contributed by atoms with E-state index in [2.05, 4.69) is 10.0 Å². The summed E-state index contributed by atoms with van der Waals surface area (Å²) in [4.78, 5) is 13.5. The number of rotatable bonds is 7. The van der Waals surface area contributed by atoms with Crippen LogP contribution in [0, 0.1) is 34.6 Å². The molecule has 0 aliphatic rings. The van der Waals surface area contributed by atoms with Gasteiger partial charge in [-0.25, -0.2) is 8.42 Å². The van der Waals surface area contributed by atoms with E-state index in [1.54, 1.807) is 13.8 Å². The first kappa shape index (κ1) is 23.7. The number of carbonyl (C=O) groups excluding carboxylic acids is 1. The molecule has 32 heavy (non-hydrogen) atoms. The van der Waals surface area contributed by atoms with Crippen molar-refractivity contribution in [2.45, 2.75) is 52.0 Å². The maximum Gasteiger partial charge on any atom is 0.242 e. The highest BCUT2D eigenvalue weighted by Crippen LogP contribution is 2.23. The molecule has 0 aliphatic carbocycles. The highest BCUT2D eigenvalue weighted by Gasteiger charge is 2.28. The summed E-state index contributed by atoms with van der Waals surface area (Å²) in [5.41, 5.74) is 5.86. The van der Waals surface area contributed by atoms with Crippen LogP contribution in [0.1, 0.15) is 33.4 Å². The Hall–Kier alpha value is -2.96. The number of nitrogens with one attached hydrogen (secondary N) is 2. The van der Waals surface area contributed by atoms with E-state index in [0.717, 1.165) is 22.3 Å². The fourth-order valence-electron chi connectivity index (χ4n) is 4.15. The van der Waals surface area contributed by atoms with Gasteiger partial charge in [-0.1, -0.05) is 54.1 Å². The van der Waals surface area contributed by atoms with E-state index in [1.165, 1.54) is 0 Å². The summed E-state index contributed by atoms with van der Waals surface area (Å²) in [6, 6.07) is 17.9. The molecular formula is C26H30N2O3S. The average molecular weight is 451 g/mol.